The Kier molecular flexibility index (Phi) is 8.08. The lowest BCUT2D eigenvalue weighted by molar-refractivity contribution is 0.280. The molecule has 194 valence electrons. The van der Waals surface area contributed by atoms with E-state index in [2.05, 4.69) is 103 Å². The van der Waals surface area contributed by atoms with Gasteiger partial charge in [-0.2, -0.15) is 0 Å². The summed E-state index contributed by atoms with van der Waals surface area (Å²) in [5.41, 5.74) is 7.83. The van der Waals surface area contributed by atoms with Crippen LogP contribution in [0.2, 0.25) is 0 Å². The number of hydrogen-bond acceptors (Lipinski definition) is 6. The number of allylic oxidation sites excluding steroid dienone is 3. The van der Waals surface area contributed by atoms with Crippen molar-refractivity contribution in [2.45, 2.75) is 13.8 Å². The van der Waals surface area contributed by atoms with E-state index in [0.29, 0.717) is 0 Å². The Morgan fingerprint density at radius 3 is 2.43 bits per heavy atom. The molecule has 3 aromatic rings. The van der Waals surface area contributed by atoms with Crippen LogP contribution >= 0.6 is 15.9 Å². The first-order chi connectivity index (χ1) is 18.0. The standard InChI is InChI=1S/C29H36BrN7/c1-4-5-22(18-21(2)3)20-35-14-16-37(17-15-35)27-25(30)19-32-29-26(27)33-28(34-29)23-6-8-24(9-7-23)36-12-10-31-11-13-36/h4-9,18-19,31H,1,10-17,20H2,2-3H3,(H,32,33,34)/b22-5+. The molecule has 0 atom stereocenters. The van der Waals surface area contributed by atoms with E-state index in [-0.39, 0.29) is 0 Å². The van der Waals surface area contributed by atoms with E-state index >= 15 is 0 Å². The van der Waals surface area contributed by atoms with Crippen molar-refractivity contribution >= 4 is 38.5 Å². The number of imidazole rings is 1. The molecule has 2 aliphatic heterocycles. The van der Waals surface area contributed by atoms with Gasteiger partial charge in [-0.1, -0.05) is 30.4 Å². The zero-order chi connectivity index (χ0) is 25.8. The van der Waals surface area contributed by atoms with Gasteiger partial charge in [0.05, 0.1) is 10.2 Å². The summed E-state index contributed by atoms with van der Waals surface area (Å²) in [6, 6.07) is 8.70. The quantitative estimate of drug-likeness (QED) is 0.396. The predicted octanol–water partition coefficient (Wildman–Crippen LogP) is 5.00. The fourth-order valence-corrected chi connectivity index (χ4v) is 5.73. The first-order valence-electron chi connectivity index (χ1n) is 13.1. The molecule has 2 saturated heterocycles. The molecule has 2 aromatic heterocycles. The Labute approximate surface area is 228 Å². The number of rotatable bonds is 7. The molecule has 0 unspecified atom stereocenters. The van der Waals surface area contributed by atoms with Crippen LogP contribution in [0.25, 0.3) is 22.6 Å². The average Bonchev–Trinajstić information content (AvgIpc) is 3.34. The highest BCUT2D eigenvalue weighted by Crippen LogP contribution is 2.34. The Hall–Kier alpha value is -2.94. The van der Waals surface area contributed by atoms with E-state index in [1.165, 1.54) is 16.8 Å². The molecule has 0 saturated carbocycles. The molecule has 1 aromatic carbocycles. The maximum absolute atomic E-state index is 4.85. The van der Waals surface area contributed by atoms with Crippen LogP contribution in [0.1, 0.15) is 13.8 Å². The largest absolute Gasteiger partial charge is 0.369 e. The van der Waals surface area contributed by atoms with Crippen molar-refractivity contribution in [3.05, 3.63) is 70.9 Å². The highest BCUT2D eigenvalue weighted by atomic mass is 79.9. The van der Waals surface area contributed by atoms with Crippen molar-refractivity contribution in [1.82, 2.24) is 25.2 Å². The first-order valence-corrected chi connectivity index (χ1v) is 13.9. The monoisotopic (exact) mass is 561 g/mol. The summed E-state index contributed by atoms with van der Waals surface area (Å²) < 4.78 is 0.995. The first kappa shape index (κ1) is 25.7. The molecule has 5 rings (SSSR count). The third-order valence-electron chi connectivity index (χ3n) is 6.97. The summed E-state index contributed by atoms with van der Waals surface area (Å²) in [5.74, 6) is 0.855. The van der Waals surface area contributed by atoms with E-state index in [0.717, 1.165) is 91.6 Å². The smallest absolute Gasteiger partial charge is 0.180 e. The second kappa shape index (κ2) is 11.6. The van der Waals surface area contributed by atoms with Crippen molar-refractivity contribution in [1.29, 1.82) is 0 Å². The lowest BCUT2D eigenvalue weighted by Gasteiger charge is -2.36. The third-order valence-corrected chi connectivity index (χ3v) is 7.55. The Bertz CT molecular complexity index is 1290. The molecule has 8 heteroatoms. The molecule has 0 radical (unpaired) electrons. The van der Waals surface area contributed by atoms with Gasteiger partial charge in [-0.15, -0.1) is 0 Å². The van der Waals surface area contributed by atoms with Gasteiger partial charge in [0.1, 0.15) is 11.3 Å². The molecule has 7 nitrogen and oxygen atoms in total. The van der Waals surface area contributed by atoms with Gasteiger partial charge in [-0.05, 0) is 59.6 Å². The Balaban J connectivity index is 1.33. The number of hydrogen-bond donors (Lipinski definition) is 2. The van der Waals surface area contributed by atoms with Crippen LogP contribution < -0.4 is 15.1 Å². The normalized spacial score (nSPS) is 17.3. The lowest BCUT2D eigenvalue weighted by Crippen LogP contribution is -2.47. The molecule has 2 N–H and O–H groups in total. The minimum Gasteiger partial charge on any atom is -0.369 e. The molecular formula is C29H36BrN7. The number of anilines is 2. The van der Waals surface area contributed by atoms with Crippen LogP contribution in [-0.4, -0.2) is 78.8 Å². The maximum atomic E-state index is 4.85. The van der Waals surface area contributed by atoms with Gasteiger partial charge in [-0.3, -0.25) is 4.90 Å². The van der Waals surface area contributed by atoms with Crippen LogP contribution in [0.3, 0.4) is 0 Å². The number of nitrogens with one attached hydrogen (secondary N) is 2. The van der Waals surface area contributed by atoms with Crippen molar-refractivity contribution in [2.24, 2.45) is 0 Å². The number of piperazine rings is 2. The molecule has 2 fully saturated rings. The summed E-state index contributed by atoms with van der Waals surface area (Å²) in [6.07, 6.45) is 8.12. The minimum atomic E-state index is 0.751. The second-order valence-corrected chi connectivity index (χ2v) is 10.8. The van der Waals surface area contributed by atoms with E-state index < -0.39 is 0 Å². The molecular weight excluding hydrogens is 526 g/mol. The average molecular weight is 563 g/mol. The molecule has 0 amide bonds. The highest BCUT2D eigenvalue weighted by Gasteiger charge is 2.23. The lowest BCUT2D eigenvalue weighted by atomic mass is 10.1. The molecule has 37 heavy (non-hydrogen) atoms. The summed E-state index contributed by atoms with van der Waals surface area (Å²) in [7, 11) is 0. The van der Waals surface area contributed by atoms with E-state index in [1.807, 2.05) is 12.3 Å². The van der Waals surface area contributed by atoms with Gasteiger partial charge < -0.3 is 20.1 Å². The van der Waals surface area contributed by atoms with Crippen molar-refractivity contribution in [2.75, 3.05) is 68.7 Å². The molecule has 0 bridgehead atoms. The zero-order valence-corrected chi connectivity index (χ0v) is 23.4. The number of pyridine rings is 1. The Morgan fingerprint density at radius 1 is 1.03 bits per heavy atom. The number of nitrogens with zero attached hydrogens (tertiary/aromatic N) is 5. The molecule has 0 spiro atoms. The SMILES string of the molecule is C=C/C=C(\C=C(C)C)CN1CCN(c2c(Br)cnc3nc(-c4ccc(N5CCNCC5)cc4)[nH]c23)CC1. The summed E-state index contributed by atoms with van der Waals surface area (Å²) >= 11 is 3.77. The van der Waals surface area contributed by atoms with Crippen LogP contribution in [0, 0.1) is 0 Å². The highest BCUT2D eigenvalue weighted by molar-refractivity contribution is 9.10. The topological polar surface area (TPSA) is 63.3 Å². The fourth-order valence-electron chi connectivity index (χ4n) is 5.18. The van der Waals surface area contributed by atoms with Crippen LogP contribution in [0.5, 0.6) is 0 Å². The van der Waals surface area contributed by atoms with Crippen molar-refractivity contribution < 1.29 is 0 Å². The number of H-pyrrole nitrogens is 1. The minimum absolute atomic E-state index is 0.751. The van der Waals surface area contributed by atoms with Gasteiger partial charge in [0, 0.05) is 76.4 Å². The van der Waals surface area contributed by atoms with E-state index in [9.17, 15) is 0 Å². The molecule has 0 aliphatic carbocycles. The van der Waals surface area contributed by atoms with Crippen LogP contribution in [-0.2, 0) is 0 Å². The van der Waals surface area contributed by atoms with Gasteiger partial charge >= 0.3 is 0 Å². The number of benzene rings is 1. The van der Waals surface area contributed by atoms with Crippen LogP contribution in [0.4, 0.5) is 11.4 Å². The number of halogens is 1. The number of fused-ring (bicyclic) bond motifs is 1. The predicted molar refractivity (Wildman–Crippen MR) is 158 cm³/mol. The number of aromatic nitrogens is 3. The summed E-state index contributed by atoms with van der Waals surface area (Å²) in [6.45, 7) is 17.1. The van der Waals surface area contributed by atoms with Crippen LogP contribution in [0.15, 0.2) is 70.9 Å². The third kappa shape index (κ3) is 5.98. The number of aromatic amines is 1. The Morgan fingerprint density at radius 2 is 1.76 bits per heavy atom. The molecule has 2 aliphatic rings. The van der Waals surface area contributed by atoms with Crippen molar-refractivity contribution in [3.63, 3.8) is 0 Å². The van der Waals surface area contributed by atoms with Crippen molar-refractivity contribution in [3.8, 4) is 11.4 Å². The summed E-state index contributed by atoms with van der Waals surface area (Å²) in [4.78, 5) is 20.4. The second-order valence-electron chi connectivity index (χ2n) is 9.98. The zero-order valence-electron chi connectivity index (χ0n) is 21.8. The van der Waals surface area contributed by atoms with E-state index in [1.54, 1.807) is 0 Å². The molecule has 4 heterocycles. The van der Waals surface area contributed by atoms with Gasteiger partial charge in [0.2, 0.25) is 0 Å². The van der Waals surface area contributed by atoms with Gasteiger partial charge in [0.15, 0.2) is 5.65 Å². The van der Waals surface area contributed by atoms with Gasteiger partial charge in [0.25, 0.3) is 0 Å². The fraction of sp³-hybridized carbons (Fsp3) is 0.379. The maximum Gasteiger partial charge on any atom is 0.180 e. The summed E-state index contributed by atoms with van der Waals surface area (Å²) in [5, 5.41) is 3.41. The van der Waals surface area contributed by atoms with E-state index in [4.69, 9.17) is 4.98 Å². The van der Waals surface area contributed by atoms with Gasteiger partial charge in [-0.25, -0.2) is 9.97 Å².